The smallest absolute Gasteiger partial charge is 0.316 e. The predicted molar refractivity (Wildman–Crippen MR) is 148 cm³/mol. The van der Waals surface area contributed by atoms with Gasteiger partial charge in [0.25, 0.3) is 0 Å². The van der Waals surface area contributed by atoms with Gasteiger partial charge in [-0.05, 0) is 108 Å². The van der Waals surface area contributed by atoms with E-state index in [1.807, 2.05) is 6.07 Å². The largest absolute Gasteiger partial charge is 0.329 e. The highest BCUT2D eigenvalue weighted by molar-refractivity contribution is 6.00. The SMILES string of the molecule is Cn1c(=O)n(C2CCC(=O)NC2=O)c2ccc(C3CCN(C4CCN(CC5(F)CCNCC5)CC4)CC3)cc21. The van der Waals surface area contributed by atoms with Gasteiger partial charge in [0.1, 0.15) is 11.7 Å². The lowest BCUT2D eigenvalue weighted by Gasteiger charge is -2.43. The number of fused-ring (bicyclic) bond motifs is 1. The maximum Gasteiger partial charge on any atom is 0.329 e. The molecule has 4 aliphatic rings. The zero-order valence-corrected chi connectivity index (χ0v) is 23.0. The molecule has 0 bridgehead atoms. The van der Waals surface area contributed by atoms with Crippen LogP contribution in [-0.2, 0) is 16.6 Å². The summed E-state index contributed by atoms with van der Waals surface area (Å²) in [7, 11) is 1.75. The van der Waals surface area contributed by atoms with Crippen molar-refractivity contribution in [3.63, 3.8) is 0 Å². The molecule has 1 unspecified atom stereocenters. The molecule has 1 aromatic carbocycles. The van der Waals surface area contributed by atoms with Crippen molar-refractivity contribution in [1.29, 1.82) is 0 Å². The highest BCUT2D eigenvalue weighted by Crippen LogP contribution is 2.33. The summed E-state index contributed by atoms with van der Waals surface area (Å²) in [6, 6.07) is 6.12. The highest BCUT2D eigenvalue weighted by Gasteiger charge is 2.36. The van der Waals surface area contributed by atoms with Gasteiger partial charge in [0.2, 0.25) is 11.8 Å². The van der Waals surface area contributed by atoms with Crippen molar-refractivity contribution in [3.8, 4) is 0 Å². The quantitative estimate of drug-likeness (QED) is 0.565. The number of imide groups is 1. The number of aryl methyl sites for hydroxylation is 1. The van der Waals surface area contributed by atoms with Crippen molar-refractivity contribution in [3.05, 3.63) is 34.2 Å². The van der Waals surface area contributed by atoms with Crippen LogP contribution < -0.4 is 16.3 Å². The van der Waals surface area contributed by atoms with Gasteiger partial charge >= 0.3 is 5.69 Å². The minimum absolute atomic E-state index is 0.225. The Morgan fingerprint density at radius 2 is 1.67 bits per heavy atom. The van der Waals surface area contributed by atoms with E-state index in [1.54, 1.807) is 16.2 Å². The highest BCUT2D eigenvalue weighted by atomic mass is 19.1. The fourth-order valence-electron chi connectivity index (χ4n) is 7.34. The molecule has 4 aliphatic heterocycles. The third kappa shape index (κ3) is 5.30. The van der Waals surface area contributed by atoms with Crippen molar-refractivity contribution in [1.82, 2.24) is 29.6 Å². The number of alkyl halides is 1. The molecular weight excluding hydrogens is 499 g/mol. The van der Waals surface area contributed by atoms with Crippen LogP contribution in [0.25, 0.3) is 11.0 Å². The molecule has 2 N–H and O–H groups in total. The van der Waals surface area contributed by atoms with Gasteiger partial charge in [-0.1, -0.05) is 6.07 Å². The molecule has 0 aliphatic carbocycles. The number of hydrogen-bond acceptors (Lipinski definition) is 6. The van der Waals surface area contributed by atoms with Crippen LogP contribution in [0.1, 0.15) is 68.9 Å². The maximum absolute atomic E-state index is 15.1. The Morgan fingerprint density at radius 1 is 0.949 bits per heavy atom. The monoisotopic (exact) mass is 540 g/mol. The van der Waals surface area contributed by atoms with Crippen LogP contribution in [-0.4, -0.2) is 88.3 Å². The Morgan fingerprint density at radius 3 is 2.36 bits per heavy atom. The number of nitrogens with zero attached hydrogens (tertiary/aromatic N) is 4. The lowest BCUT2D eigenvalue weighted by molar-refractivity contribution is -0.135. The Kier molecular flexibility index (Phi) is 7.37. The van der Waals surface area contributed by atoms with Gasteiger partial charge in [0.05, 0.1) is 11.0 Å². The van der Waals surface area contributed by atoms with Crippen molar-refractivity contribution in [2.45, 2.75) is 75.0 Å². The molecule has 0 radical (unpaired) electrons. The van der Waals surface area contributed by atoms with Crippen molar-refractivity contribution in [2.24, 2.45) is 7.05 Å². The minimum atomic E-state index is -1.02. The third-order valence-electron chi connectivity index (χ3n) is 9.72. The van der Waals surface area contributed by atoms with Gasteiger partial charge in [0.15, 0.2) is 0 Å². The minimum Gasteiger partial charge on any atom is -0.316 e. The molecule has 4 fully saturated rings. The first-order valence-electron chi connectivity index (χ1n) is 14.7. The molecule has 39 heavy (non-hydrogen) atoms. The molecule has 2 amide bonds. The number of piperidine rings is 4. The van der Waals surface area contributed by atoms with E-state index in [9.17, 15) is 14.4 Å². The summed E-state index contributed by atoms with van der Waals surface area (Å²) in [5, 5.41) is 5.64. The van der Waals surface area contributed by atoms with Crippen molar-refractivity contribution >= 4 is 22.8 Å². The fourth-order valence-corrected chi connectivity index (χ4v) is 7.34. The molecule has 6 rings (SSSR count). The number of aromatic nitrogens is 2. The van der Waals surface area contributed by atoms with Gasteiger partial charge in [-0.3, -0.25) is 24.0 Å². The number of likely N-dealkylation sites (tertiary alicyclic amines) is 2. The van der Waals surface area contributed by atoms with Crippen molar-refractivity contribution < 1.29 is 14.0 Å². The van der Waals surface area contributed by atoms with Crippen LogP contribution in [0.2, 0.25) is 0 Å². The zero-order valence-electron chi connectivity index (χ0n) is 23.0. The van der Waals surface area contributed by atoms with Gasteiger partial charge in [-0.25, -0.2) is 9.18 Å². The first-order chi connectivity index (χ1) is 18.8. The second kappa shape index (κ2) is 10.8. The summed E-state index contributed by atoms with van der Waals surface area (Å²) in [5.74, 6) is -0.251. The van der Waals surface area contributed by atoms with E-state index in [0.717, 1.165) is 76.0 Å². The van der Waals surface area contributed by atoms with E-state index < -0.39 is 17.6 Å². The molecular formula is C29H41FN6O3. The first-order valence-corrected chi connectivity index (χ1v) is 14.7. The summed E-state index contributed by atoms with van der Waals surface area (Å²) in [5.41, 5.74) is 1.56. The fraction of sp³-hybridized carbons (Fsp3) is 0.690. The number of rotatable bonds is 5. The number of carbonyl (C=O) groups excluding carboxylic acids is 2. The summed E-state index contributed by atoms with van der Waals surface area (Å²) >= 11 is 0. The lowest BCUT2D eigenvalue weighted by Crippen LogP contribution is -2.52. The number of hydrogen-bond donors (Lipinski definition) is 2. The van der Waals surface area contributed by atoms with Crippen LogP contribution in [0.3, 0.4) is 0 Å². The van der Waals surface area contributed by atoms with Gasteiger partial charge in [-0.15, -0.1) is 0 Å². The number of imidazole rings is 1. The van der Waals surface area contributed by atoms with E-state index in [4.69, 9.17) is 0 Å². The molecule has 9 nitrogen and oxygen atoms in total. The second-order valence-electron chi connectivity index (χ2n) is 12.1. The second-order valence-corrected chi connectivity index (χ2v) is 12.1. The number of benzene rings is 1. The number of carbonyl (C=O) groups is 2. The molecule has 212 valence electrons. The van der Waals surface area contributed by atoms with Crippen LogP contribution in [0.4, 0.5) is 4.39 Å². The summed E-state index contributed by atoms with van der Waals surface area (Å²) in [4.78, 5) is 42.2. The first kappa shape index (κ1) is 26.7. The number of nitrogens with one attached hydrogen (secondary N) is 2. The standard InChI is InChI=1S/C29H41FN6O3/c1-33-25-18-21(2-3-23(25)36(28(33)39)24-4-5-26(37)32-27(24)38)20-6-16-35(17-7-20)22-8-14-34(15-9-22)19-29(30)10-12-31-13-11-29/h2-3,18,20,22,24,31H,4-17,19H2,1H3,(H,32,37,38). The molecule has 5 heterocycles. The Labute approximate surface area is 228 Å². The molecule has 2 aromatic rings. The normalized spacial score (nSPS) is 26.3. The van der Waals surface area contributed by atoms with E-state index >= 15 is 4.39 Å². The summed E-state index contributed by atoms with van der Waals surface area (Å²) < 4.78 is 18.3. The molecule has 0 spiro atoms. The van der Waals surface area contributed by atoms with Gasteiger partial charge in [-0.2, -0.15) is 0 Å². The Hall–Kier alpha value is -2.56. The van der Waals surface area contributed by atoms with Gasteiger partial charge < -0.3 is 15.1 Å². The maximum atomic E-state index is 15.1. The van der Waals surface area contributed by atoms with E-state index in [0.29, 0.717) is 37.8 Å². The van der Waals surface area contributed by atoms with Crippen LogP contribution in [0, 0.1) is 0 Å². The molecule has 4 saturated heterocycles. The van der Waals surface area contributed by atoms with E-state index in [-0.39, 0.29) is 18.0 Å². The lowest BCUT2D eigenvalue weighted by atomic mass is 9.87. The molecule has 0 saturated carbocycles. The van der Waals surface area contributed by atoms with E-state index in [2.05, 4.69) is 32.6 Å². The molecule has 1 atom stereocenters. The average molecular weight is 541 g/mol. The van der Waals surface area contributed by atoms with E-state index in [1.165, 1.54) is 5.56 Å². The van der Waals surface area contributed by atoms with Gasteiger partial charge in [0, 0.05) is 26.1 Å². The van der Waals surface area contributed by atoms with Crippen LogP contribution >= 0.6 is 0 Å². The summed E-state index contributed by atoms with van der Waals surface area (Å²) in [6.45, 7) is 6.25. The van der Waals surface area contributed by atoms with Crippen LogP contribution in [0.15, 0.2) is 23.0 Å². The molecule has 1 aromatic heterocycles. The van der Waals surface area contributed by atoms with Crippen molar-refractivity contribution in [2.75, 3.05) is 45.8 Å². The number of halogens is 1. The third-order valence-corrected chi connectivity index (χ3v) is 9.72. The van der Waals surface area contributed by atoms with Crippen LogP contribution in [0.5, 0.6) is 0 Å². The molecule has 10 heteroatoms. The predicted octanol–water partition coefficient (Wildman–Crippen LogP) is 2.05. The average Bonchev–Trinajstić information content (AvgIpc) is 3.18. The topological polar surface area (TPSA) is 91.6 Å². The number of amides is 2. The summed E-state index contributed by atoms with van der Waals surface area (Å²) in [6.07, 6.45) is 6.21. The Bertz CT molecular complexity index is 1280. The Balaban J connectivity index is 1.07. The zero-order chi connectivity index (χ0) is 27.1.